The summed E-state index contributed by atoms with van der Waals surface area (Å²) in [5.41, 5.74) is 5.26. The van der Waals surface area contributed by atoms with E-state index in [2.05, 4.69) is 30.7 Å². The molecule has 1 heterocycles. The second-order valence-electron chi connectivity index (χ2n) is 2.79. The fourth-order valence-corrected chi connectivity index (χ4v) is 1.46. The number of nitrogens with zero attached hydrogens (tertiary/aromatic N) is 1. The van der Waals surface area contributed by atoms with Gasteiger partial charge >= 0.3 is 0 Å². The van der Waals surface area contributed by atoms with Crippen LogP contribution in [-0.2, 0) is 0 Å². The third kappa shape index (κ3) is 1.55. The molecular weight excluding hydrogens is 134 g/mol. The first-order chi connectivity index (χ1) is 5.29. The van der Waals surface area contributed by atoms with Crippen LogP contribution < -0.4 is 0 Å². The predicted octanol–water partition coefficient (Wildman–Crippen LogP) is 2.33. The Morgan fingerprint density at radius 1 is 1.64 bits per heavy atom. The number of allylic oxidation sites excluding steroid dienone is 1. The van der Waals surface area contributed by atoms with E-state index in [4.69, 9.17) is 0 Å². The number of likely N-dealkylation sites (tertiary alicyclic amines) is 1. The monoisotopic (exact) mass is 149 g/mol. The van der Waals surface area contributed by atoms with Crippen LogP contribution in [0, 0.1) is 0 Å². The van der Waals surface area contributed by atoms with Crippen molar-refractivity contribution < 1.29 is 0 Å². The van der Waals surface area contributed by atoms with Crippen LogP contribution in [0.5, 0.6) is 0 Å². The van der Waals surface area contributed by atoms with Gasteiger partial charge in [-0.25, -0.2) is 0 Å². The standard InChI is InChI=1S/C10H15N/c1-4-10-7-6-8-11(5-2)9(10)3/h1,3,5-8H2,2H3. The minimum atomic E-state index is 1.05. The van der Waals surface area contributed by atoms with E-state index < -0.39 is 0 Å². The summed E-state index contributed by atoms with van der Waals surface area (Å²) in [5.74, 6) is 0. The zero-order chi connectivity index (χ0) is 8.27. The molecule has 0 saturated carbocycles. The van der Waals surface area contributed by atoms with Crippen LogP contribution in [0.25, 0.3) is 0 Å². The maximum absolute atomic E-state index is 4.01. The zero-order valence-corrected chi connectivity index (χ0v) is 7.19. The van der Waals surface area contributed by atoms with E-state index >= 15 is 0 Å². The van der Waals surface area contributed by atoms with E-state index in [0.29, 0.717) is 0 Å². The molecule has 0 aromatic carbocycles. The number of rotatable bonds is 1. The SMILES string of the molecule is C=C=C1CCCN(CC)C1=C. The van der Waals surface area contributed by atoms with Crippen molar-refractivity contribution in [3.63, 3.8) is 0 Å². The molecule has 60 valence electrons. The first-order valence-electron chi connectivity index (χ1n) is 4.12. The summed E-state index contributed by atoms with van der Waals surface area (Å²) in [6, 6.07) is 0. The molecule has 1 aliphatic heterocycles. The third-order valence-corrected chi connectivity index (χ3v) is 2.18. The number of piperidine rings is 1. The lowest BCUT2D eigenvalue weighted by Gasteiger charge is -2.30. The molecule has 1 fully saturated rings. The van der Waals surface area contributed by atoms with Gasteiger partial charge in [0.05, 0.1) is 0 Å². The van der Waals surface area contributed by atoms with E-state index in [1.54, 1.807) is 0 Å². The van der Waals surface area contributed by atoms with Crippen LogP contribution in [-0.4, -0.2) is 18.0 Å². The molecule has 1 saturated heterocycles. The fourth-order valence-electron chi connectivity index (χ4n) is 1.46. The highest BCUT2D eigenvalue weighted by atomic mass is 15.1. The first kappa shape index (κ1) is 8.16. The molecule has 1 heteroatoms. The molecule has 0 bridgehead atoms. The summed E-state index contributed by atoms with van der Waals surface area (Å²) in [5, 5.41) is 0. The molecule has 0 spiro atoms. The molecule has 0 N–H and O–H groups in total. The van der Waals surface area contributed by atoms with Crippen molar-refractivity contribution in [2.75, 3.05) is 13.1 Å². The van der Waals surface area contributed by atoms with Gasteiger partial charge < -0.3 is 4.90 Å². The van der Waals surface area contributed by atoms with Gasteiger partial charge in [-0.1, -0.05) is 13.2 Å². The molecule has 11 heavy (non-hydrogen) atoms. The second-order valence-corrected chi connectivity index (χ2v) is 2.79. The van der Waals surface area contributed by atoms with E-state index in [9.17, 15) is 0 Å². The van der Waals surface area contributed by atoms with Gasteiger partial charge in [0, 0.05) is 24.4 Å². The van der Waals surface area contributed by atoms with E-state index in [1.807, 2.05) is 0 Å². The highest BCUT2D eigenvalue weighted by Crippen LogP contribution is 2.22. The molecule has 0 aromatic heterocycles. The van der Waals surface area contributed by atoms with Crippen molar-refractivity contribution in [3.8, 4) is 0 Å². The van der Waals surface area contributed by atoms with Gasteiger partial charge in [-0.15, -0.1) is 5.73 Å². The van der Waals surface area contributed by atoms with Crippen molar-refractivity contribution >= 4 is 0 Å². The smallest absolute Gasteiger partial charge is 0.0403 e. The average Bonchev–Trinajstić information content (AvgIpc) is 2.05. The number of likely N-dealkylation sites (N-methyl/N-ethyl adjacent to an activating group) is 1. The summed E-state index contributed by atoms with van der Waals surface area (Å²) in [6.07, 6.45) is 2.31. The van der Waals surface area contributed by atoms with Crippen molar-refractivity contribution in [2.24, 2.45) is 0 Å². The van der Waals surface area contributed by atoms with Crippen molar-refractivity contribution in [2.45, 2.75) is 19.8 Å². The second kappa shape index (κ2) is 3.45. The zero-order valence-electron chi connectivity index (χ0n) is 7.19. The summed E-state index contributed by atoms with van der Waals surface area (Å²) >= 11 is 0. The Morgan fingerprint density at radius 3 is 2.91 bits per heavy atom. The number of hydrogen-bond acceptors (Lipinski definition) is 1. The highest BCUT2D eigenvalue weighted by molar-refractivity contribution is 5.27. The molecule has 0 radical (unpaired) electrons. The summed E-state index contributed by atoms with van der Waals surface area (Å²) in [6.45, 7) is 12.0. The molecule has 1 nitrogen and oxygen atoms in total. The Hall–Kier alpha value is -0.940. The molecule has 0 aliphatic carbocycles. The largest absolute Gasteiger partial charge is 0.372 e. The molecular formula is C10H15N. The van der Waals surface area contributed by atoms with Crippen LogP contribution in [0.1, 0.15) is 19.8 Å². The maximum atomic E-state index is 4.01. The average molecular weight is 149 g/mol. The Balaban J connectivity index is 2.75. The Labute approximate surface area is 68.7 Å². The van der Waals surface area contributed by atoms with Gasteiger partial charge in [-0.3, -0.25) is 0 Å². The van der Waals surface area contributed by atoms with Crippen molar-refractivity contribution in [1.82, 2.24) is 4.90 Å². The van der Waals surface area contributed by atoms with Gasteiger partial charge in [0.15, 0.2) is 0 Å². The number of hydrogen-bond donors (Lipinski definition) is 0. The Kier molecular flexibility index (Phi) is 2.56. The molecule has 1 aliphatic rings. The van der Waals surface area contributed by atoms with E-state index in [-0.39, 0.29) is 0 Å². The molecule has 0 unspecified atom stereocenters. The lowest BCUT2D eigenvalue weighted by Crippen LogP contribution is -2.28. The molecule has 1 rings (SSSR count). The van der Waals surface area contributed by atoms with Crippen molar-refractivity contribution in [1.29, 1.82) is 0 Å². The minimum Gasteiger partial charge on any atom is -0.372 e. The predicted molar refractivity (Wildman–Crippen MR) is 48.3 cm³/mol. The van der Waals surface area contributed by atoms with Crippen LogP contribution >= 0.6 is 0 Å². The van der Waals surface area contributed by atoms with Gasteiger partial charge in [0.2, 0.25) is 0 Å². The van der Waals surface area contributed by atoms with Gasteiger partial charge in [-0.05, 0) is 19.8 Å². The van der Waals surface area contributed by atoms with Gasteiger partial charge in [0.25, 0.3) is 0 Å². The topological polar surface area (TPSA) is 3.24 Å². The normalized spacial score (nSPS) is 18.5. The summed E-state index contributed by atoms with van der Waals surface area (Å²) in [4.78, 5) is 2.27. The highest BCUT2D eigenvalue weighted by Gasteiger charge is 2.14. The maximum Gasteiger partial charge on any atom is 0.0403 e. The van der Waals surface area contributed by atoms with E-state index in [1.165, 1.54) is 12.0 Å². The lowest BCUT2D eigenvalue weighted by molar-refractivity contribution is 0.338. The minimum absolute atomic E-state index is 1.05. The van der Waals surface area contributed by atoms with Gasteiger partial charge in [0.1, 0.15) is 0 Å². The Bertz CT molecular complexity index is 209. The van der Waals surface area contributed by atoms with Crippen molar-refractivity contribution in [3.05, 3.63) is 30.2 Å². The molecule has 0 aromatic rings. The fraction of sp³-hybridized carbons (Fsp3) is 0.500. The summed E-state index contributed by atoms with van der Waals surface area (Å²) < 4.78 is 0. The Morgan fingerprint density at radius 2 is 2.36 bits per heavy atom. The lowest BCUT2D eigenvalue weighted by atomic mass is 10.0. The van der Waals surface area contributed by atoms with Crippen LogP contribution in [0.2, 0.25) is 0 Å². The quantitative estimate of drug-likeness (QED) is 0.517. The van der Waals surface area contributed by atoms with Crippen LogP contribution in [0.4, 0.5) is 0 Å². The summed E-state index contributed by atoms with van der Waals surface area (Å²) in [7, 11) is 0. The van der Waals surface area contributed by atoms with Crippen LogP contribution in [0.15, 0.2) is 30.2 Å². The molecule has 0 amide bonds. The van der Waals surface area contributed by atoms with E-state index in [0.717, 1.165) is 25.2 Å². The van der Waals surface area contributed by atoms with Crippen LogP contribution in [0.3, 0.4) is 0 Å². The first-order valence-corrected chi connectivity index (χ1v) is 4.12. The van der Waals surface area contributed by atoms with Gasteiger partial charge in [-0.2, -0.15) is 0 Å². The molecule has 0 atom stereocenters. The third-order valence-electron chi connectivity index (χ3n) is 2.18.